The molecule has 0 bridgehead atoms. The number of piperidine rings is 1. The average molecular weight is 153 g/mol. The molecule has 1 heteroatoms. The standard InChI is InChI=1S/C10H19N/c1-2-9-10(5-3-6-10)7-4-8-11-9/h9,11H,2-8H2,1H3. The van der Waals surface area contributed by atoms with Gasteiger partial charge in [0.05, 0.1) is 0 Å². The second-order valence-electron chi connectivity index (χ2n) is 4.23. The summed E-state index contributed by atoms with van der Waals surface area (Å²) in [5.74, 6) is 0. The van der Waals surface area contributed by atoms with Crippen LogP contribution < -0.4 is 5.32 Å². The molecule has 0 aromatic rings. The third kappa shape index (κ3) is 1.10. The van der Waals surface area contributed by atoms with Gasteiger partial charge in [-0.15, -0.1) is 0 Å². The van der Waals surface area contributed by atoms with Gasteiger partial charge in [-0.1, -0.05) is 13.3 Å². The Morgan fingerprint density at radius 1 is 1.27 bits per heavy atom. The molecule has 0 aromatic carbocycles. The zero-order chi connectivity index (χ0) is 7.73. The topological polar surface area (TPSA) is 12.0 Å². The van der Waals surface area contributed by atoms with Crippen molar-refractivity contribution in [2.24, 2.45) is 5.41 Å². The van der Waals surface area contributed by atoms with Crippen LogP contribution in [0.4, 0.5) is 0 Å². The van der Waals surface area contributed by atoms with Gasteiger partial charge in [-0.3, -0.25) is 0 Å². The highest BCUT2D eigenvalue weighted by atomic mass is 15.0. The summed E-state index contributed by atoms with van der Waals surface area (Å²) in [6.07, 6.45) is 8.73. The van der Waals surface area contributed by atoms with Gasteiger partial charge in [0.2, 0.25) is 0 Å². The molecule has 1 heterocycles. The molecule has 1 aliphatic carbocycles. The monoisotopic (exact) mass is 153 g/mol. The van der Waals surface area contributed by atoms with Gasteiger partial charge >= 0.3 is 0 Å². The van der Waals surface area contributed by atoms with Crippen molar-refractivity contribution in [3.8, 4) is 0 Å². The Morgan fingerprint density at radius 2 is 2.00 bits per heavy atom. The van der Waals surface area contributed by atoms with E-state index in [0.717, 1.165) is 11.5 Å². The van der Waals surface area contributed by atoms with E-state index in [4.69, 9.17) is 0 Å². The van der Waals surface area contributed by atoms with E-state index in [0.29, 0.717) is 0 Å². The molecule has 2 fully saturated rings. The Balaban J connectivity index is 2.02. The van der Waals surface area contributed by atoms with Crippen molar-refractivity contribution in [1.29, 1.82) is 0 Å². The lowest BCUT2D eigenvalue weighted by atomic mass is 9.59. The van der Waals surface area contributed by atoms with Crippen molar-refractivity contribution < 1.29 is 0 Å². The van der Waals surface area contributed by atoms with E-state index in [2.05, 4.69) is 12.2 Å². The molecule has 1 unspecified atom stereocenters. The predicted molar refractivity (Wildman–Crippen MR) is 47.6 cm³/mol. The molecule has 0 aromatic heterocycles. The zero-order valence-corrected chi connectivity index (χ0v) is 7.53. The summed E-state index contributed by atoms with van der Waals surface area (Å²) in [4.78, 5) is 0. The fraction of sp³-hybridized carbons (Fsp3) is 1.00. The van der Waals surface area contributed by atoms with E-state index in [-0.39, 0.29) is 0 Å². The molecule has 11 heavy (non-hydrogen) atoms. The lowest BCUT2D eigenvalue weighted by Crippen LogP contribution is -2.52. The minimum absolute atomic E-state index is 0.757. The van der Waals surface area contributed by atoms with Gasteiger partial charge in [-0.2, -0.15) is 0 Å². The maximum absolute atomic E-state index is 3.66. The molecule has 1 atom stereocenters. The smallest absolute Gasteiger partial charge is 0.0121 e. The molecule has 0 amide bonds. The van der Waals surface area contributed by atoms with Gasteiger partial charge in [0.15, 0.2) is 0 Å². The summed E-state index contributed by atoms with van der Waals surface area (Å²) in [7, 11) is 0. The highest BCUT2D eigenvalue weighted by Gasteiger charge is 2.43. The van der Waals surface area contributed by atoms with Crippen molar-refractivity contribution in [1.82, 2.24) is 5.32 Å². The van der Waals surface area contributed by atoms with Crippen LogP contribution in [0.15, 0.2) is 0 Å². The van der Waals surface area contributed by atoms with Crippen LogP contribution in [0.2, 0.25) is 0 Å². The first kappa shape index (κ1) is 7.60. The summed E-state index contributed by atoms with van der Waals surface area (Å²) in [6.45, 7) is 3.59. The van der Waals surface area contributed by atoms with Crippen LogP contribution in [-0.4, -0.2) is 12.6 Å². The lowest BCUT2D eigenvalue weighted by molar-refractivity contribution is 0.0369. The Morgan fingerprint density at radius 3 is 2.45 bits per heavy atom. The minimum Gasteiger partial charge on any atom is -0.313 e. The van der Waals surface area contributed by atoms with Crippen LogP contribution in [0.3, 0.4) is 0 Å². The number of rotatable bonds is 1. The second kappa shape index (κ2) is 2.78. The number of hydrogen-bond acceptors (Lipinski definition) is 1. The van der Waals surface area contributed by atoms with Crippen LogP contribution in [0.1, 0.15) is 45.4 Å². The summed E-state index contributed by atoms with van der Waals surface area (Å²) in [6, 6.07) is 0.852. The Kier molecular flexibility index (Phi) is 1.92. The molecular weight excluding hydrogens is 134 g/mol. The molecule has 2 rings (SSSR count). The van der Waals surface area contributed by atoms with Crippen LogP contribution in [0, 0.1) is 5.41 Å². The van der Waals surface area contributed by atoms with Crippen molar-refractivity contribution in [3.05, 3.63) is 0 Å². The molecule has 1 N–H and O–H groups in total. The third-order valence-corrected chi connectivity index (χ3v) is 3.74. The maximum atomic E-state index is 3.66. The van der Waals surface area contributed by atoms with Gasteiger partial charge in [0.25, 0.3) is 0 Å². The van der Waals surface area contributed by atoms with Gasteiger partial charge in [0.1, 0.15) is 0 Å². The predicted octanol–water partition coefficient (Wildman–Crippen LogP) is 2.32. The van der Waals surface area contributed by atoms with Crippen LogP contribution in [0.5, 0.6) is 0 Å². The maximum Gasteiger partial charge on any atom is 0.0121 e. The lowest BCUT2D eigenvalue weighted by Gasteiger charge is -2.51. The quantitative estimate of drug-likeness (QED) is 0.609. The van der Waals surface area contributed by atoms with Crippen molar-refractivity contribution in [3.63, 3.8) is 0 Å². The fourth-order valence-electron chi connectivity index (χ4n) is 2.91. The van der Waals surface area contributed by atoms with E-state index in [1.165, 1.54) is 45.1 Å². The zero-order valence-electron chi connectivity index (χ0n) is 7.53. The minimum atomic E-state index is 0.757. The number of nitrogens with one attached hydrogen (secondary N) is 1. The van der Waals surface area contributed by atoms with Crippen LogP contribution in [0.25, 0.3) is 0 Å². The summed E-state index contributed by atoms with van der Waals surface area (Å²) >= 11 is 0. The Hall–Kier alpha value is -0.0400. The van der Waals surface area contributed by atoms with Crippen molar-refractivity contribution >= 4 is 0 Å². The summed E-state index contributed by atoms with van der Waals surface area (Å²) in [5.41, 5.74) is 0.757. The van der Waals surface area contributed by atoms with E-state index in [1.54, 1.807) is 0 Å². The number of hydrogen-bond donors (Lipinski definition) is 1. The highest BCUT2D eigenvalue weighted by molar-refractivity contribution is 4.98. The normalized spacial score (nSPS) is 35.2. The molecule has 1 saturated heterocycles. The van der Waals surface area contributed by atoms with Crippen LogP contribution >= 0.6 is 0 Å². The first-order valence-corrected chi connectivity index (χ1v) is 5.11. The second-order valence-corrected chi connectivity index (χ2v) is 4.23. The molecule has 1 spiro atoms. The molecule has 2 aliphatic rings. The molecular formula is C10H19N. The first-order valence-electron chi connectivity index (χ1n) is 5.11. The molecule has 0 radical (unpaired) electrons. The van der Waals surface area contributed by atoms with Crippen molar-refractivity contribution in [2.75, 3.05) is 6.54 Å². The van der Waals surface area contributed by atoms with E-state index < -0.39 is 0 Å². The fourth-order valence-corrected chi connectivity index (χ4v) is 2.91. The largest absolute Gasteiger partial charge is 0.313 e. The van der Waals surface area contributed by atoms with E-state index in [1.807, 2.05) is 0 Å². The highest BCUT2D eigenvalue weighted by Crippen LogP contribution is 2.49. The Bertz CT molecular complexity index is 138. The van der Waals surface area contributed by atoms with Crippen molar-refractivity contribution in [2.45, 2.75) is 51.5 Å². The average Bonchev–Trinajstić information content (AvgIpc) is 2.01. The SMILES string of the molecule is CCC1NCCCC12CCC2. The van der Waals surface area contributed by atoms with E-state index >= 15 is 0 Å². The van der Waals surface area contributed by atoms with Gasteiger partial charge in [0, 0.05) is 6.04 Å². The van der Waals surface area contributed by atoms with Gasteiger partial charge in [-0.05, 0) is 44.1 Å². The molecule has 1 aliphatic heterocycles. The Labute approximate surface area is 69.6 Å². The summed E-state index contributed by atoms with van der Waals surface area (Å²) in [5, 5.41) is 3.66. The van der Waals surface area contributed by atoms with Gasteiger partial charge in [-0.25, -0.2) is 0 Å². The molecule has 1 nitrogen and oxygen atoms in total. The van der Waals surface area contributed by atoms with E-state index in [9.17, 15) is 0 Å². The molecule has 1 saturated carbocycles. The van der Waals surface area contributed by atoms with Crippen LogP contribution in [-0.2, 0) is 0 Å². The first-order chi connectivity index (χ1) is 5.37. The summed E-state index contributed by atoms with van der Waals surface area (Å²) < 4.78 is 0. The molecule has 64 valence electrons. The van der Waals surface area contributed by atoms with Gasteiger partial charge < -0.3 is 5.32 Å². The third-order valence-electron chi connectivity index (χ3n) is 3.74.